The van der Waals surface area contributed by atoms with Crippen LogP contribution in [-0.2, 0) is 0 Å². The quantitative estimate of drug-likeness (QED) is 0.571. The Morgan fingerprint density at radius 3 is 3.18 bits per heavy atom. The number of nitrogens with two attached hydrogens (primary N) is 1. The van der Waals surface area contributed by atoms with Gasteiger partial charge in [-0.25, -0.2) is 0 Å². The standard InChI is InChI=1S/C8H11N3/c1-2-8(9)4-3-7-5-10-11-6-7/h5-6,8H,2,9H2,1H3,(H,10,11). The summed E-state index contributed by atoms with van der Waals surface area (Å²) in [7, 11) is 0. The predicted molar refractivity (Wildman–Crippen MR) is 43.7 cm³/mol. The molecule has 0 amide bonds. The number of hydrogen-bond acceptors (Lipinski definition) is 2. The van der Waals surface area contributed by atoms with E-state index < -0.39 is 0 Å². The first-order chi connectivity index (χ1) is 5.33. The van der Waals surface area contributed by atoms with E-state index in [1.165, 1.54) is 0 Å². The van der Waals surface area contributed by atoms with Gasteiger partial charge in [-0.1, -0.05) is 18.8 Å². The fourth-order valence-corrected chi connectivity index (χ4v) is 0.597. The molecule has 0 bridgehead atoms. The van der Waals surface area contributed by atoms with Gasteiger partial charge in [-0.15, -0.1) is 0 Å². The second-order valence-corrected chi connectivity index (χ2v) is 2.27. The van der Waals surface area contributed by atoms with E-state index in [0.29, 0.717) is 0 Å². The van der Waals surface area contributed by atoms with Crippen LogP contribution in [0.2, 0.25) is 0 Å². The van der Waals surface area contributed by atoms with Gasteiger partial charge in [-0.2, -0.15) is 5.10 Å². The lowest BCUT2D eigenvalue weighted by atomic mass is 10.2. The van der Waals surface area contributed by atoms with Crippen molar-refractivity contribution in [2.24, 2.45) is 5.73 Å². The van der Waals surface area contributed by atoms with Crippen molar-refractivity contribution in [3.8, 4) is 11.8 Å². The molecule has 0 radical (unpaired) electrons. The molecule has 1 unspecified atom stereocenters. The molecule has 1 aromatic rings. The molecule has 3 nitrogen and oxygen atoms in total. The normalized spacial score (nSPS) is 11.8. The largest absolute Gasteiger partial charge is 0.318 e. The highest BCUT2D eigenvalue weighted by atomic mass is 15.1. The van der Waals surface area contributed by atoms with Crippen molar-refractivity contribution in [3.63, 3.8) is 0 Å². The topological polar surface area (TPSA) is 54.7 Å². The highest BCUT2D eigenvalue weighted by Crippen LogP contribution is 1.89. The third-order valence-electron chi connectivity index (χ3n) is 1.34. The van der Waals surface area contributed by atoms with Gasteiger partial charge in [-0.3, -0.25) is 5.10 Å². The number of H-pyrrole nitrogens is 1. The second-order valence-electron chi connectivity index (χ2n) is 2.27. The van der Waals surface area contributed by atoms with Crippen molar-refractivity contribution in [2.75, 3.05) is 0 Å². The number of nitrogens with zero attached hydrogens (tertiary/aromatic N) is 1. The Bertz CT molecular complexity index is 253. The SMILES string of the molecule is CCC(N)C#Cc1cn[nH]c1. The summed E-state index contributed by atoms with van der Waals surface area (Å²) in [6.07, 6.45) is 4.30. The van der Waals surface area contributed by atoms with E-state index in [9.17, 15) is 0 Å². The van der Waals surface area contributed by atoms with Crippen molar-refractivity contribution < 1.29 is 0 Å². The van der Waals surface area contributed by atoms with E-state index in [1.54, 1.807) is 12.4 Å². The Kier molecular flexibility index (Phi) is 2.70. The molecule has 1 atom stereocenters. The van der Waals surface area contributed by atoms with E-state index in [4.69, 9.17) is 5.73 Å². The average Bonchev–Trinajstić information content (AvgIpc) is 2.52. The lowest BCUT2D eigenvalue weighted by Gasteiger charge is -1.93. The first kappa shape index (κ1) is 7.83. The molecule has 0 aromatic carbocycles. The number of rotatable bonds is 1. The molecule has 1 heterocycles. The zero-order chi connectivity index (χ0) is 8.10. The molecule has 11 heavy (non-hydrogen) atoms. The molecule has 1 rings (SSSR count). The van der Waals surface area contributed by atoms with E-state index in [0.717, 1.165) is 12.0 Å². The Morgan fingerprint density at radius 1 is 1.82 bits per heavy atom. The molecule has 3 N–H and O–H groups in total. The maximum atomic E-state index is 5.59. The van der Waals surface area contributed by atoms with Gasteiger partial charge in [0.2, 0.25) is 0 Å². The molecule has 0 aliphatic heterocycles. The van der Waals surface area contributed by atoms with Crippen molar-refractivity contribution in [3.05, 3.63) is 18.0 Å². The third kappa shape index (κ3) is 2.44. The van der Waals surface area contributed by atoms with E-state index in [1.807, 2.05) is 6.92 Å². The molecule has 0 saturated heterocycles. The highest BCUT2D eigenvalue weighted by Gasteiger charge is 1.90. The minimum atomic E-state index is -0.0232. The molecular weight excluding hydrogens is 138 g/mol. The van der Waals surface area contributed by atoms with Gasteiger partial charge in [0.25, 0.3) is 0 Å². The minimum Gasteiger partial charge on any atom is -0.318 e. The van der Waals surface area contributed by atoms with Gasteiger partial charge in [0, 0.05) is 6.20 Å². The predicted octanol–water partition coefficient (Wildman–Crippen LogP) is 0.498. The molecule has 0 fully saturated rings. The van der Waals surface area contributed by atoms with Crippen LogP contribution < -0.4 is 5.73 Å². The van der Waals surface area contributed by atoms with E-state index >= 15 is 0 Å². The van der Waals surface area contributed by atoms with Crippen LogP contribution in [-0.4, -0.2) is 16.2 Å². The van der Waals surface area contributed by atoms with Gasteiger partial charge in [0.15, 0.2) is 0 Å². The molecule has 0 aliphatic carbocycles. The average molecular weight is 149 g/mol. The maximum Gasteiger partial charge on any atom is 0.0665 e. The van der Waals surface area contributed by atoms with Gasteiger partial charge in [0.1, 0.15) is 0 Å². The zero-order valence-corrected chi connectivity index (χ0v) is 6.46. The summed E-state index contributed by atoms with van der Waals surface area (Å²) in [5, 5.41) is 6.44. The van der Waals surface area contributed by atoms with Crippen LogP contribution in [0.1, 0.15) is 18.9 Å². The van der Waals surface area contributed by atoms with Crippen LogP contribution in [0.3, 0.4) is 0 Å². The summed E-state index contributed by atoms with van der Waals surface area (Å²) in [6, 6.07) is -0.0232. The van der Waals surface area contributed by atoms with Crippen LogP contribution in [0, 0.1) is 11.8 Å². The molecule has 0 aliphatic rings. The van der Waals surface area contributed by atoms with Crippen LogP contribution >= 0.6 is 0 Å². The first-order valence-electron chi connectivity index (χ1n) is 3.59. The summed E-state index contributed by atoms with van der Waals surface area (Å²) in [5.41, 5.74) is 6.47. The third-order valence-corrected chi connectivity index (χ3v) is 1.34. The van der Waals surface area contributed by atoms with Gasteiger partial charge in [0.05, 0.1) is 17.8 Å². The molecule has 0 saturated carbocycles. The van der Waals surface area contributed by atoms with E-state index in [2.05, 4.69) is 22.0 Å². The first-order valence-corrected chi connectivity index (χ1v) is 3.59. The molecule has 1 aromatic heterocycles. The highest BCUT2D eigenvalue weighted by molar-refractivity contribution is 5.30. The van der Waals surface area contributed by atoms with Crippen molar-refractivity contribution in [1.29, 1.82) is 0 Å². The summed E-state index contributed by atoms with van der Waals surface area (Å²) < 4.78 is 0. The molecule has 58 valence electrons. The summed E-state index contributed by atoms with van der Waals surface area (Å²) in [6.45, 7) is 2.01. The molecule has 3 heteroatoms. The molecular formula is C8H11N3. The van der Waals surface area contributed by atoms with Crippen molar-refractivity contribution in [1.82, 2.24) is 10.2 Å². The second kappa shape index (κ2) is 3.79. The number of hydrogen-bond donors (Lipinski definition) is 2. The monoisotopic (exact) mass is 149 g/mol. The van der Waals surface area contributed by atoms with Crippen molar-refractivity contribution in [2.45, 2.75) is 19.4 Å². The fraction of sp³-hybridized carbons (Fsp3) is 0.375. The van der Waals surface area contributed by atoms with Gasteiger partial charge >= 0.3 is 0 Å². The van der Waals surface area contributed by atoms with Crippen LogP contribution in [0.5, 0.6) is 0 Å². The Balaban J connectivity index is 2.58. The maximum absolute atomic E-state index is 5.59. The number of aromatic amines is 1. The van der Waals surface area contributed by atoms with Crippen LogP contribution in [0.25, 0.3) is 0 Å². The summed E-state index contributed by atoms with van der Waals surface area (Å²) in [5.74, 6) is 5.81. The van der Waals surface area contributed by atoms with Crippen molar-refractivity contribution >= 4 is 0 Å². The van der Waals surface area contributed by atoms with Gasteiger partial charge in [-0.05, 0) is 6.42 Å². The Hall–Kier alpha value is -1.27. The number of nitrogens with one attached hydrogen (secondary N) is 1. The van der Waals surface area contributed by atoms with Crippen LogP contribution in [0.15, 0.2) is 12.4 Å². The van der Waals surface area contributed by atoms with Crippen LogP contribution in [0.4, 0.5) is 0 Å². The zero-order valence-electron chi connectivity index (χ0n) is 6.46. The lowest BCUT2D eigenvalue weighted by molar-refractivity contribution is 0.806. The fourth-order valence-electron chi connectivity index (χ4n) is 0.597. The lowest BCUT2D eigenvalue weighted by Crippen LogP contribution is -2.15. The smallest absolute Gasteiger partial charge is 0.0665 e. The summed E-state index contributed by atoms with van der Waals surface area (Å²) in [4.78, 5) is 0. The van der Waals surface area contributed by atoms with Gasteiger partial charge < -0.3 is 5.73 Å². The minimum absolute atomic E-state index is 0.0232. The van der Waals surface area contributed by atoms with E-state index in [-0.39, 0.29) is 6.04 Å². The number of aromatic nitrogens is 2. The molecule has 0 spiro atoms. The Labute approximate surface area is 66.0 Å². The Morgan fingerprint density at radius 2 is 2.64 bits per heavy atom. The summed E-state index contributed by atoms with van der Waals surface area (Å²) >= 11 is 0.